The highest BCUT2D eigenvalue weighted by Gasteiger charge is 2.08. The van der Waals surface area contributed by atoms with Crippen molar-refractivity contribution in [2.75, 3.05) is 21.1 Å². The molecule has 0 atom stereocenters. The second-order valence-electron chi connectivity index (χ2n) is 4.86. The summed E-state index contributed by atoms with van der Waals surface area (Å²) in [6.07, 6.45) is 0. The normalized spacial score (nSPS) is 9.65. The summed E-state index contributed by atoms with van der Waals surface area (Å²) in [6.45, 7) is 1.91. The molecule has 0 aliphatic rings. The lowest BCUT2D eigenvalue weighted by molar-refractivity contribution is 0.0733. The SMILES string of the molecule is CN(C)C.Cc1ccccc1OC(=O)c1ccccc1. The van der Waals surface area contributed by atoms with E-state index in [2.05, 4.69) is 0 Å². The van der Waals surface area contributed by atoms with E-state index in [1.165, 1.54) is 0 Å². The van der Waals surface area contributed by atoms with Crippen LogP contribution in [0.25, 0.3) is 0 Å². The van der Waals surface area contributed by atoms with E-state index >= 15 is 0 Å². The Kier molecular flexibility index (Phi) is 6.47. The third-order valence-corrected chi connectivity index (χ3v) is 2.31. The number of aryl methyl sites for hydroxylation is 1. The van der Waals surface area contributed by atoms with Gasteiger partial charge in [-0.1, -0.05) is 36.4 Å². The number of benzene rings is 2. The maximum Gasteiger partial charge on any atom is 0.343 e. The summed E-state index contributed by atoms with van der Waals surface area (Å²) < 4.78 is 5.29. The third kappa shape index (κ3) is 5.67. The molecule has 0 aliphatic carbocycles. The van der Waals surface area contributed by atoms with E-state index in [0.717, 1.165) is 5.56 Å². The maximum atomic E-state index is 11.7. The fraction of sp³-hybridized carbons (Fsp3) is 0.235. The molecule has 0 saturated heterocycles. The highest BCUT2D eigenvalue weighted by atomic mass is 16.5. The number of rotatable bonds is 2. The molecule has 0 radical (unpaired) electrons. The second-order valence-corrected chi connectivity index (χ2v) is 4.86. The largest absolute Gasteiger partial charge is 0.423 e. The first-order valence-electron chi connectivity index (χ1n) is 6.44. The topological polar surface area (TPSA) is 29.5 Å². The number of ether oxygens (including phenoxy) is 1. The number of hydrogen-bond donors (Lipinski definition) is 0. The minimum atomic E-state index is -0.324. The van der Waals surface area contributed by atoms with E-state index in [4.69, 9.17) is 4.74 Å². The molecule has 0 heterocycles. The van der Waals surface area contributed by atoms with Crippen molar-refractivity contribution in [3.63, 3.8) is 0 Å². The first-order valence-corrected chi connectivity index (χ1v) is 6.44. The number of carbonyl (C=O) groups excluding carboxylic acids is 1. The van der Waals surface area contributed by atoms with Gasteiger partial charge >= 0.3 is 5.97 Å². The van der Waals surface area contributed by atoms with Gasteiger partial charge in [-0.3, -0.25) is 0 Å². The van der Waals surface area contributed by atoms with Crippen LogP contribution in [0.1, 0.15) is 15.9 Å². The molecule has 0 fully saturated rings. The average molecular weight is 271 g/mol. The minimum absolute atomic E-state index is 0.324. The quantitative estimate of drug-likeness (QED) is 0.619. The molecule has 2 aromatic carbocycles. The van der Waals surface area contributed by atoms with Crippen LogP contribution in [0.3, 0.4) is 0 Å². The maximum absolute atomic E-state index is 11.7. The molecular formula is C17H21NO2. The summed E-state index contributed by atoms with van der Waals surface area (Å²) in [6, 6.07) is 16.4. The van der Waals surface area contributed by atoms with Crippen LogP contribution < -0.4 is 4.74 Å². The van der Waals surface area contributed by atoms with E-state index in [9.17, 15) is 4.79 Å². The summed E-state index contributed by atoms with van der Waals surface area (Å²) in [7, 11) is 6.00. The molecule has 0 saturated carbocycles. The third-order valence-electron chi connectivity index (χ3n) is 2.31. The molecule has 0 amide bonds. The van der Waals surface area contributed by atoms with Gasteiger partial charge in [0.15, 0.2) is 0 Å². The molecule has 0 aliphatic heterocycles. The molecule has 20 heavy (non-hydrogen) atoms. The fourth-order valence-electron chi connectivity index (χ4n) is 1.40. The van der Waals surface area contributed by atoms with Crippen molar-refractivity contribution >= 4 is 5.97 Å². The van der Waals surface area contributed by atoms with Gasteiger partial charge in [0.2, 0.25) is 0 Å². The standard InChI is InChI=1S/C14H12O2.C3H9N/c1-11-7-5-6-10-13(11)16-14(15)12-8-3-2-4-9-12;1-4(2)3/h2-10H,1H3;1-3H3. The van der Waals surface area contributed by atoms with Crippen molar-refractivity contribution in [2.24, 2.45) is 0 Å². The zero-order valence-electron chi connectivity index (χ0n) is 12.5. The molecular weight excluding hydrogens is 250 g/mol. The number of hydrogen-bond acceptors (Lipinski definition) is 3. The Hall–Kier alpha value is -2.13. The first-order chi connectivity index (χ1) is 9.50. The van der Waals surface area contributed by atoms with Gasteiger partial charge in [-0.05, 0) is 51.8 Å². The molecule has 0 N–H and O–H groups in total. The zero-order valence-corrected chi connectivity index (χ0v) is 12.5. The lowest BCUT2D eigenvalue weighted by atomic mass is 10.2. The Morgan fingerprint density at radius 2 is 1.40 bits per heavy atom. The van der Waals surface area contributed by atoms with Gasteiger partial charge < -0.3 is 9.64 Å². The van der Waals surface area contributed by atoms with Crippen LogP contribution in [0.4, 0.5) is 0 Å². The van der Waals surface area contributed by atoms with Gasteiger partial charge in [-0.25, -0.2) is 4.79 Å². The predicted molar refractivity (Wildman–Crippen MR) is 82.2 cm³/mol. The molecule has 0 bridgehead atoms. The zero-order chi connectivity index (χ0) is 15.0. The number of esters is 1. The molecule has 106 valence electrons. The highest BCUT2D eigenvalue weighted by molar-refractivity contribution is 5.91. The molecule has 3 nitrogen and oxygen atoms in total. The predicted octanol–water partition coefficient (Wildman–Crippen LogP) is 3.39. The molecule has 3 heteroatoms. The monoisotopic (exact) mass is 271 g/mol. The highest BCUT2D eigenvalue weighted by Crippen LogP contribution is 2.17. The van der Waals surface area contributed by atoms with Crippen LogP contribution in [0.2, 0.25) is 0 Å². The van der Waals surface area contributed by atoms with E-state index in [1.807, 2.05) is 69.4 Å². The van der Waals surface area contributed by atoms with E-state index in [1.54, 1.807) is 18.2 Å². The smallest absolute Gasteiger partial charge is 0.343 e. The van der Waals surface area contributed by atoms with Gasteiger partial charge in [0.25, 0.3) is 0 Å². The van der Waals surface area contributed by atoms with Crippen molar-refractivity contribution in [1.29, 1.82) is 0 Å². The van der Waals surface area contributed by atoms with Crippen LogP contribution in [-0.2, 0) is 0 Å². The summed E-state index contributed by atoms with van der Waals surface area (Å²) in [4.78, 5) is 13.7. The van der Waals surface area contributed by atoms with Crippen molar-refractivity contribution in [2.45, 2.75) is 6.92 Å². The van der Waals surface area contributed by atoms with Gasteiger partial charge in [0.1, 0.15) is 5.75 Å². The number of carbonyl (C=O) groups is 1. The number of nitrogens with zero attached hydrogens (tertiary/aromatic N) is 1. The van der Waals surface area contributed by atoms with Crippen molar-refractivity contribution in [3.8, 4) is 5.75 Å². The summed E-state index contributed by atoms with van der Waals surface area (Å²) in [5.74, 6) is 0.284. The minimum Gasteiger partial charge on any atom is -0.423 e. The Morgan fingerprint density at radius 1 is 0.900 bits per heavy atom. The average Bonchev–Trinajstić information content (AvgIpc) is 2.42. The van der Waals surface area contributed by atoms with Crippen LogP contribution in [0, 0.1) is 6.92 Å². The van der Waals surface area contributed by atoms with Gasteiger partial charge in [0.05, 0.1) is 5.56 Å². The fourth-order valence-corrected chi connectivity index (χ4v) is 1.40. The van der Waals surface area contributed by atoms with Crippen LogP contribution in [-0.4, -0.2) is 32.0 Å². The van der Waals surface area contributed by atoms with Gasteiger partial charge in [0, 0.05) is 0 Å². The lowest BCUT2D eigenvalue weighted by Crippen LogP contribution is -2.08. The van der Waals surface area contributed by atoms with Crippen molar-refractivity contribution in [3.05, 3.63) is 65.7 Å². The summed E-state index contributed by atoms with van der Waals surface area (Å²) in [5, 5.41) is 0. The van der Waals surface area contributed by atoms with Gasteiger partial charge in [-0.15, -0.1) is 0 Å². The van der Waals surface area contributed by atoms with Crippen molar-refractivity contribution < 1.29 is 9.53 Å². The van der Waals surface area contributed by atoms with Gasteiger partial charge in [-0.2, -0.15) is 0 Å². The Morgan fingerprint density at radius 3 is 1.95 bits per heavy atom. The van der Waals surface area contributed by atoms with E-state index < -0.39 is 0 Å². The van der Waals surface area contributed by atoms with Crippen molar-refractivity contribution in [1.82, 2.24) is 4.90 Å². The lowest BCUT2D eigenvalue weighted by Gasteiger charge is -2.06. The van der Waals surface area contributed by atoms with E-state index in [0.29, 0.717) is 11.3 Å². The first kappa shape index (κ1) is 15.9. The Labute approximate surface area is 120 Å². The molecule has 0 aromatic heterocycles. The second kappa shape index (κ2) is 8.12. The Balaban J connectivity index is 0.000000444. The molecule has 0 unspecified atom stereocenters. The van der Waals surface area contributed by atoms with E-state index in [-0.39, 0.29) is 5.97 Å². The summed E-state index contributed by atoms with van der Waals surface area (Å²) >= 11 is 0. The summed E-state index contributed by atoms with van der Waals surface area (Å²) in [5.41, 5.74) is 1.51. The molecule has 2 aromatic rings. The number of para-hydroxylation sites is 1. The van der Waals surface area contributed by atoms with Crippen LogP contribution in [0.5, 0.6) is 5.75 Å². The van der Waals surface area contributed by atoms with Crippen LogP contribution >= 0.6 is 0 Å². The molecule has 2 rings (SSSR count). The Bertz CT molecular complexity index is 533. The molecule has 0 spiro atoms. The van der Waals surface area contributed by atoms with Crippen LogP contribution in [0.15, 0.2) is 54.6 Å².